The lowest BCUT2D eigenvalue weighted by molar-refractivity contribution is -0.116. The Morgan fingerprint density at radius 1 is 1.12 bits per heavy atom. The van der Waals surface area contributed by atoms with Crippen molar-refractivity contribution in [1.82, 2.24) is 35.7 Å². The summed E-state index contributed by atoms with van der Waals surface area (Å²) in [5.41, 5.74) is 2.83. The number of carbonyl (C=O) groups excluding carboxylic acids is 2. The molecule has 10 nitrogen and oxygen atoms in total. The van der Waals surface area contributed by atoms with Crippen LogP contribution in [0.25, 0.3) is 22.5 Å². The van der Waals surface area contributed by atoms with Crippen LogP contribution in [-0.2, 0) is 11.8 Å². The molecule has 2 aromatic heterocycles. The number of nitrogens with zero attached hydrogens (tertiary/aromatic N) is 5. The standard InChI is InChI=1S/C21H19FN8O2/c1-30-12-15(11-24-30)17-10-16(22)6-7-18(17)25-19(31)8-9-23-21(32)14-4-2-13(3-5-14)20-26-28-29-27-20/h2-7,10-12H,8-9H2,1H3,(H,23,32)(H,25,31)(H,26,27,28,29). The van der Waals surface area contributed by atoms with Crippen molar-refractivity contribution in [2.45, 2.75) is 6.42 Å². The first-order valence-corrected chi connectivity index (χ1v) is 9.70. The van der Waals surface area contributed by atoms with Crippen molar-refractivity contribution >= 4 is 17.5 Å². The number of aromatic amines is 1. The average Bonchev–Trinajstić information content (AvgIpc) is 3.47. The second-order valence-electron chi connectivity index (χ2n) is 6.96. The van der Waals surface area contributed by atoms with Crippen LogP contribution in [-0.4, -0.2) is 48.8 Å². The first kappa shape index (κ1) is 20.8. The summed E-state index contributed by atoms with van der Waals surface area (Å²) in [5.74, 6) is -0.607. The number of benzene rings is 2. The molecule has 4 aromatic rings. The zero-order valence-electron chi connectivity index (χ0n) is 17.0. The SMILES string of the molecule is Cn1cc(-c2cc(F)ccc2NC(=O)CCNC(=O)c2ccc(-c3nn[nH]n3)cc2)cn1. The van der Waals surface area contributed by atoms with E-state index in [0.29, 0.717) is 28.2 Å². The highest BCUT2D eigenvalue weighted by Crippen LogP contribution is 2.28. The Hall–Kier alpha value is -4.41. The maximum absolute atomic E-state index is 13.7. The maximum atomic E-state index is 13.7. The Labute approximate surface area is 181 Å². The summed E-state index contributed by atoms with van der Waals surface area (Å²) in [7, 11) is 1.75. The van der Waals surface area contributed by atoms with Gasteiger partial charge >= 0.3 is 0 Å². The highest BCUT2D eigenvalue weighted by molar-refractivity contribution is 5.97. The minimum Gasteiger partial charge on any atom is -0.352 e. The van der Waals surface area contributed by atoms with Crippen LogP contribution in [0.15, 0.2) is 54.9 Å². The van der Waals surface area contributed by atoms with E-state index in [9.17, 15) is 14.0 Å². The molecule has 11 heteroatoms. The third kappa shape index (κ3) is 4.83. The number of halogens is 1. The molecule has 3 N–H and O–H groups in total. The Kier molecular flexibility index (Phi) is 5.97. The molecule has 32 heavy (non-hydrogen) atoms. The number of rotatable bonds is 7. The fourth-order valence-electron chi connectivity index (χ4n) is 3.08. The van der Waals surface area contributed by atoms with Gasteiger partial charge in [-0.05, 0) is 35.5 Å². The second-order valence-corrected chi connectivity index (χ2v) is 6.96. The molecular formula is C21H19FN8O2. The van der Waals surface area contributed by atoms with Gasteiger partial charge in [-0.25, -0.2) is 4.39 Å². The van der Waals surface area contributed by atoms with Crippen LogP contribution in [0.2, 0.25) is 0 Å². The molecule has 0 atom stereocenters. The molecule has 0 aliphatic carbocycles. The van der Waals surface area contributed by atoms with Crippen molar-refractivity contribution in [3.63, 3.8) is 0 Å². The van der Waals surface area contributed by atoms with Crippen LogP contribution in [0.3, 0.4) is 0 Å². The molecule has 0 bridgehead atoms. The fraction of sp³-hybridized carbons (Fsp3) is 0.143. The molecule has 0 fully saturated rings. The Morgan fingerprint density at radius 2 is 1.94 bits per heavy atom. The molecule has 0 saturated carbocycles. The van der Waals surface area contributed by atoms with Gasteiger partial charge in [0.05, 0.1) is 6.20 Å². The van der Waals surface area contributed by atoms with Crippen LogP contribution in [0.5, 0.6) is 0 Å². The zero-order valence-corrected chi connectivity index (χ0v) is 17.0. The third-order valence-corrected chi connectivity index (χ3v) is 4.66. The first-order chi connectivity index (χ1) is 15.5. The number of aryl methyl sites for hydroxylation is 1. The number of H-pyrrole nitrogens is 1. The van der Waals surface area contributed by atoms with Crippen molar-refractivity contribution in [1.29, 1.82) is 0 Å². The molecule has 2 aromatic carbocycles. The average molecular weight is 434 g/mol. The number of hydrogen-bond donors (Lipinski definition) is 3. The van der Waals surface area contributed by atoms with E-state index < -0.39 is 5.82 Å². The topological polar surface area (TPSA) is 130 Å². The van der Waals surface area contributed by atoms with Gasteiger partial charge in [0.25, 0.3) is 5.91 Å². The lowest BCUT2D eigenvalue weighted by Crippen LogP contribution is -2.27. The minimum absolute atomic E-state index is 0.0521. The minimum atomic E-state index is -0.417. The Balaban J connectivity index is 1.32. The smallest absolute Gasteiger partial charge is 0.251 e. The predicted molar refractivity (Wildman–Crippen MR) is 114 cm³/mol. The van der Waals surface area contributed by atoms with Gasteiger partial charge in [-0.2, -0.15) is 10.3 Å². The summed E-state index contributed by atoms with van der Waals surface area (Å²) in [6.45, 7) is 0.140. The van der Waals surface area contributed by atoms with E-state index in [1.807, 2.05) is 0 Å². The zero-order chi connectivity index (χ0) is 22.5. The van der Waals surface area contributed by atoms with Gasteiger partial charge in [0.2, 0.25) is 11.7 Å². The van der Waals surface area contributed by atoms with Crippen LogP contribution in [0.1, 0.15) is 16.8 Å². The van der Waals surface area contributed by atoms with E-state index in [-0.39, 0.29) is 24.8 Å². The summed E-state index contributed by atoms with van der Waals surface area (Å²) in [4.78, 5) is 24.7. The number of carbonyl (C=O) groups is 2. The van der Waals surface area contributed by atoms with Gasteiger partial charge in [-0.3, -0.25) is 14.3 Å². The lowest BCUT2D eigenvalue weighted by atomic mass is 10.1. The summed E-state index contributed by atoms with van der Waals surface area (Å²) in [6, 6.07) is 10.8. The number of aromatic nitrogens is 6. The highest BCUT2D eigenvalue weighted by Gasteiger charge is 2.13. The predicted octanol–water partition coefficient (Wildman–Crippen LogP) is 2.16. The van der Waals surface area contributed by atoms with E-state index in [2.05, 4.69) is 36.4 Å². The van der Waals surface area contributed by atoms with Crippen LogP contribution in [0.4, 0.5) is 10.1 Å². The number of tetrazole rings is 1. The molecule has 4 rings (SSSR count). The van der Waals surface area contributed by atoms with Gasteiger partial charge < -0.3 is 10.6 Å². The van der Waals surface area contributed by atoms with E-state index in [0.717, 1.165) is 5.56 Å². The van der Waals surface area contributed by atoms with Crippen molar-refractivity contribution in [2.75, 3.05) is 11.9 Å². The molecule has 162 valence electrons. The summed E-state index contributed by atoms with van der Waals surface area (Å²) < 4.78 is 15.3. The number of nitrogens with one attached hydrogen (secondary N) is 3. The summed E-state index contributed by atoms with van der Waals surface area (Å²) >= 11 is 0. The van der Waals surface area contributed by atoms with Gasteiger partial charge in [0, 0.05) is 54.2 Å². The number of hydrogen-bond acceptors (Lipinski definition) is 6. The van der Waals surface area contributed by atoms with Crippen LogP contribution < -0.4 is 10.6 Å². The van der Waals surface area contributed by atoms with Crippen LogP contribution in [0, 0.1) is 5.82 Å². The van der Waals surface area contributed by atoms with E-state index >= 15 is 0 Å². The van der Waals surface area contributed by atoms with Crippen molar-refractivity contribution in [2.24, 2.45) is 7.05 Å². The Bertz CT molecular complexity index is 1240. The first-order valence-electron chi connectivity index (χ1n) is 9.70. The third-order valence-electron chi connectivity index (χ3n) is 4.66. The Morgan fingerprint density at radius 3 is 2.62 bits per heavy atom. The molecule has 2 amide bonds. The van der Waals surface area contributed by atoms with Crippen LogP contribution >= 0.6 is 0 Å². The molecule has 0 unspecified atom stereocenters. The van der Waals surface area contributed by atoms with Crippen molar-refractivity contribution < 1.29 is 14.0 Å². The largest absolute Gasteiger partial charge is 0.352 e. The van der Waals surface area contributed by atoms with E-state index in [1.165, 1.54) is 18.2 Å². The maximum Gasteiger partial charge on any atom is 0.251 e. The van der Waals surface area contributed by atoms with Gasteiger partial charge in [-0.15, -0.1) is 10.2 Å². The molecule has 0 saturated heterocycles. The van der Waals surface area contributed by atoms with Gasteiger partial charge in [0.1, 0.15) is 5.82 Å². The normalized spacial score (nSPS) is 10.7. The quantitative estimate of drug-likeness (QED) is 0.409. The van der Waals surface area contributed by atoms with Gasteiger partial charge in [-0.1, -0.05) is 12.1 Å². The molecule has 0 radical (unpaired) electrons. The summed E-state index contributed by atoms with van der Waals surface area (Å²) in [6.07, 6.45) is 3.37. The molecule has 0 spiro atoms. The molecule has 0 aliphatic rings. The van der Waals surface area contributed by atoms with E-state index in [1.54, 1.807) is 48.4 Å². The molecular weight excluding hydrogens is 415 g/mol. The summed E-state index contributed by atoms with van der Waals surface area (Å²) in [5, 5.41) is 23.2. The number of amides is 2. The monoisotopic (exact) mass is 434 g/mol. The fourth-order valence-corrected chi connectivity index (χ4v) is 3.08. The van der Waals surface area contributed by atoms with E-state index in [4.69, 9.17) is 0 Å². The highest BCUT2D eigenvalue weighted by atomic mass is 19.1. The number of anilines is 1. The van der Waals surface area contributed by atoms with Crippen molar-refractivity contribution in [3.05, 3.63) is 66.2 Å². The van der Waals surface area contributed by atoms with Crippen molar-refractivity contribution in [3.8, 4) is 22.5 Å². The molecule has 0 aliphatic heterocycles. The van der Waals surface area contributed by atoms with Gasteiger partial charge in [0.15, 0.2) is 0 Å². The second kappa shape index (κ2) is 9.16. The molecule has 2 heterocycles. The lowest BCUT2D eigenvalue weighted by Gasteiger charge is -2.11.